The van der Waals surface area contributed by atoms with Crippen LogP contribution < -0.4 is 5.32 Å². The number of nitrogens with one attached hydrogen (secondary N) is 1. The molecule has 0 aliphatic carbocycles. The van der Waals surface area contributed by atoms with Crippen molar-refractivity contribution in [2.45, 2.75) is 20.0 Å². The number of fused-ring (bicyclic) bond motifs is 1. The van der Waals surface area contributed by atoms with Gasteiger partial charge in [0.15, 0.2) is 0 Å². The summed E-state index contributed by atoms with van der Waals surface area (Å²) in [5, 5.41) is 8.06. The SMILES string of the molecule is COCc1nn(-c2ccc(C)cc2)c2c1CCN2. The number of aryl methyl sites for hydroxylation is 1. The van der Waals surface area contributed by atoms with E-state index in [-0.39, 0.29) is 0 Å². The number of anilines is 1. The third kappa shape index (κ3) is 1.78. The average molecular weight is 243 g/mol. The molecule has 18 heavy (non-hydrogen) atoms. The maximum Gasteiger partial charge on any atom is 0.133 e. The molecule has 0 amide bonds. The molecule has 2 aromatic rings. The molecular formula is C14H17N3O. The molecule has 4 heteroatoms. The van der Waals surface area contributed by atoms with Gasteiger partial charge in [0, 0.05) is 19.2 Å². The van der Waals surface area contributed by atoms with Crippen molar-refractivity contribution in [2.24, 2.45) is 0 Å². The van der Waals surface area contributed by atoms with Crippen LogP contribution in [0.1, 0.15) is 16.8 Å². The van der Waals surface area contributed by atoms with Crippen LogP contribution >= 0.6 is 0 Å². The summed E-state index contributed by atoms with van der Waals surface area (Å²) in [7, 11) is 1.71. The number of nitrogens with zero attached hydrogens (tertiary/aromatic N) is 2. The Bertz CT molecular complexity index is 557. The van der Waals surface area contributed by atoms with Crippen LogP contribution in [0.15, 0.2) is 24.3 Å². The summed E-state index contributed by atoms with van der Waals surface area (Å²) in [6, 6.07) is 8.40. The molecule has 3 rings (SSSR count). The average Bonchev–Trinajstić information content (AvgIpc) is 2.95. The smallest absolute Gasteiger partial charge is 0.133 e. The van der Waals surface area contributed by atoms with Crippen molar-refractivity contribution >= 4 is 5.82 Å². The summed E-state index contributed by atoms with van der Waals surface area (Å²) in [5.41, 5.74) is 4.68. The maximum atomic E-state index is 5.22. The first kappa shape index (κ1) is 11.3. The van der Waals surface area contributed by atoms with E-state index in [2.05, 4.69) is 41.6 Å². The lowest BCUT2D eigenvalue weighted by molar-refractivity contribution is 0.180. The Morgan fingerprint density at radius 3 is 2.83 bits per heavy atom. The highest BCUT2D eigenvalue weighted by Crippen LogP contribution is 2.28. The fraction of sp³-hybridized carbons (Fsp3) is 0.357. The highest BCUT2D eigenvalue weighted by Gasteiger charge is 2.22. The van der Waals surface area contributed by atoms with Crippen LogP contribution in [0.3, 0.4) is 0 Å². The van der Waals surface area contributed by atoms with Crippen LogP contribution in [0.2, 0.25) is 0 Å². The van der Waals surface area contributed by atoms with Crippen molar-refractivity contribution in [3.63, 3.8) is 0 Å². The molecule has 0 saturated carbocycles. The Morgan fingerprint density at radius 1 is 1.33 bits per heavy atom. The Labute approximate surface area is 107 Å². The van der Waals surface area contributed by atoms with Crippen LogP contribution in [0.5, 0.6) is 0 Å². The van der Waals surface area contributed by atoms with E-state index in [0.717, 1.165) is 30.2 Å². The Kier molecular flexibility index (Phi) is 2.80. The lowest BCUT2D eigenvalue weighted by Gasteiger charge is -2.06. The van der Waals surface area contributed by atoms with Crippen molar-refractivity contribution in [1.29, 1.82) is 0 Å². The lowest BCUT2D eigenvalue weighted by atomic mass is 10.2. The quantitative estimate of drug-likeness (QED) is 0.899. The zero-order valence-electron chi connectivity index (χ0n) is 10.7. The minimum atomic E-state index is 0.572. The van der Waals surface area contributed by atoms with Gasteiger partial charge in [0.1, 0.15) is 5.82 Å². The van der Waals surface area contributed by atoms with Crippen LogP contribution in [-0.4, -0.2) is 23.4 Å². The minimum Gasteiger partial charge on any atom is -0.378 e. The van der Waals surface area contributed by atoms with E-state index in [1.165, 1.54) is 11.1 Å². The van der Waals surface area contributed by atoms with E-state index >= 15 is 0 Å². The van der Waals surface area contributed by atoms with Gasteiger partial charge >= 0.3 is 0 Å². The van der Waals surface area contributed by atoms with Crippen molar-refractivity contribution in [3.05, 3.63) is 41.1 Å². The molecule has 2 heterocycles. The van der Waals surface area contributed by atoms with Crippen molar-refractivity contribution < 1.29 is 4.74 Å². The molecule has 1 aromatic carbocycles. The second-order valence-corrected chi connectivity index (χ2v) is 4.63. The fourth-order valence-electron chi connectivity index (χ4n) is 2.37. The highest BCUT2D eigenvalue weighted by molar-refractivity contribution is 5.57. The second-order valence-electron chi connectivity index (χ2n) is 4.63. The number of rotatable bonds is 3. The monoisotopic (exact) mass is 243 g/mol. The number of benzene rings is 1. The predicted molar refractivity (Wildman–Crippen MR) is 71.2 cm³/mol. The van der Waals surface area contributed by atoms with Gasteiger partial charge < -0.3 is 10.1 Å². The summed E-state index contributed by atoms with van der Waals surface area (Å²) >= 11 is 0. The molecule has 1 aromatic heterocycles. The van der Waals surface area contributed by atoms with Gasteiger partial charge in [-0.15, -0.1) is 0 Å². The molecule has 1 aliphatic rings. The predicted octanol–water partition coefficient (Wildman–Crippen LogP) is 2.30. The van der Waals surface area contributed by atoms with Crippen molar-refractivity contribution in [1.82, 2.24) is 9.78 Å². The summed E-state index contributed by atoms with van der Waals surface area (Å²) in [6.07, 6.45) is 1.03. The standard InChI is InChI=1S/C14H17N3O/c1-10-3-5-11(6-4-10)17-14-12(7-8-15-14)13(16-17)9-18-2/h3-6,15H,7-9H2,1-2H3. The normalized spacial score (nSPS) is 13.4. The van der Waals surface area contributed by atoms with E-state index in [9.17, 15) is 0 Å². The molecule has 1 N–H and O–H groups in total. The summed E-state index contributed by atoms with van der Waals surface area (Å²) in [5.74, 6) is 1.12. The van der Waals surface area contributed by atoms with Crippen LogP contribution in [0, 0.1) is 6.92 Å². The second kappa shape index (κ2) is 4.46. The van der Waals surface area contributed by atoms with Crippen LogP contribution in [0.4, 0.5) is 5.82 Å². The van der Waals surface area contributed by atoms with Gasteiger partial charge in [-0.2, -0.15) is 5.10 Å². The fourth-order valence-corrected chi connectivity index (χ4v) is 2.37. The summed E-state index contributed by atoms with van der Waals surface area (Å²) in [4.78, 5) is 0. The first-order chi connectivity index (χ1) is 8.79. The number of aromatic nitrogens is 2. The van der Waals surface area contributed by atoms with Gasteiger partial charge in [0.2, 0.25) is 0 Å². The number of ether oxygens (including phenoxy) is 1. The zero-order chi connectivity index (χ0) is 12.5. The first-order valence-corrected chi connectivity index (χ1v) is 6.20. The third-order valence-corrected chi connectivity index (χ3v) is 3.29. The number of hydrogen-bond donors (Lipinski definition) is 1. The third-order valence-electron chi connectivity index (χ3n) is 3.29. The number of hydrogen-bond acceptors (Lipinski definition) is 3. The molecule has 0 atom stereocenters. The van der Waals surface area contributed by atoms with Gasteiger partial charge in [-0.25, -0.2) is 4.68 Å². The zero-order valence-corrected chi connectivity index (χ0v) is 10.7. The summed E-state index contributed by atoms with van der Waals surface area (Å²) < 4.78 is 7.20. The van der Waals surface area contributed by atoms with E-state index in [0.29, 0.717) is 6.61 Å². The Morgan fingerprint density at radius 2 is 2.11 bits per heavy atom. The maximum absolute atomic E-state index is 5.22. The Hall–Kier alpha value is -1.81. The van der Waals surface area contributed by atoms with Gasteiger partial charge in [-0.1, -0.05) is 17.7 Å². The van der Waals surface area contributed by atoms with Crippen molar-refractivity contribution in [2.75, 3.05) is 19.0 Å². The molecule has 94 valence electrons. The van der Waals surface area contributed by atoms with E-state index < -0.39 is 0 Å². The molecule has 4 nitrogen and oxygen atoms in total. The topological polar surface area (TPSA) is 39.1 Å². The lowest BCUT2D eigenvalue weighted by Crippen LogP contribution is -2.05. The van der Waals surface area contributed by atoms with Gasteiger partial charge in [-0.05, 0) is 25.5 Å². The first-order valence-electron chi connectivity index (χ1n) is 6.20. The van der Waals surface area contributed by atoms with Gasteiger partial charge in [0.05, 0.1) is 18.0 Å². The van der Waals surface area contributed by atoms with Gasteiger partial charge in [-0.3, -0.25) is 0 Å². The van der Waals surface area contributed by atoms with E-state index in [1.807, 2.05) is 4.68 Å². The Balaban J connectivity index is 2.07. The van der Waals surface area contributed by atoms with Crippen molar-refractivity contribution in [3.8, 4) is 5.69 Å². The molecule has 0 radical (unpaired) electrons. The minimum absolute atomic E-state index is 0.572. The molecular weight excluding hydrogens is 226 g/mol. The summed E-state index contributed by atoms with van der Waals surface area (Å²) in [6.45, 7) is 3.64. The molecule has 1 aliphatic heterocycles. The molecule has 0 saturated heterocycles. The largest absolute Gasteiger partial charge is 0.378 e. The molecule has 0 unspecified atom stereocenters. The van der Waals surface area contributed by atoms with Gasteiger partial charge in [0.25, 0.3) is 0 Å². The van der Waals surface area contributed by atoms with Crippen LogP contribution in [0.25, 0.3) is 5.69 Å². The molecule has 0 bridgehead atoms. The van der Waals surface area contributed by atoms with E-state index in [4.69, 9.17) is 4.74 Å². The molecule has 0 fully saturated rings. The molecule has 0 spiro atoms. The van der Waals surface area contributed by atoms with Crippen LogP contribution in [-0.2, 0) is 17.8 Å². The van der Waals surface area contributed by atoms with E-state index in [1.54, 1.807) is 7.11 Å². The highest BCUT2D eigenvalue weighted by atomic mass is 16.5. The number of methoxy groups -OCH3 is 1.